The molecule has 3 saturated heterocycles. The Morgan fingerprint density at radius 1 is 1.02 bits per heavy atom. The van der Waals surface area contributed by atoms with E-state index in [1.54, 1.807) is 13.8 Å². The van der Waals surface area contributed by atoms with Gasteiger partial charge in [0.2, 0.25) is 0 Å². The minimum Gasteiger partial charge on any atom is -0.465 e. The molecule has 5 fully saturated rings. The van der Waals surface area contributed by atoms with Crippen molar-refractivity contribution in [3.8, 4) is 0 Å². The number of hydrogen-bond acceptors (Lipinski definition) is 11. The highest BCUT2D eigenvalue weighted by molar-refractivity contribution is 5.72. The molecule has 0 aromatic rings. The van der Waals surface area contributed by atoms with Gasteiger partial charge in [-0.1, -0.05) is 27.7 Å². The molecule has 232 valence electrons. The molecule has 3 aliphatic heterocycles. The molecule has 0 bridgehead atoms. The number of epoxide rings is 1. The van der Waals surface area contributed by atoms with E-state index in [1.807, 2.05) is 6.92 Å². The van der Waals surface area contributed by atoms with Crippen molar-refractivity contribution < 1.29 is 52.6 Å². The van der Waals surface area contributed by atoms with E-state index in [-0.39, 0.29) is 49.8 Å². The Morgan fingerprint density at radius 2 is 1.73 bits per heavy atom. The molecule has 0 aromatic heterocycles. The van der Waals surface area contributed by atoms with Crippen LogP contribution in [0.5, 0.6) is 0 Å². The summed E-state index contributed by atoms with van der Waals surface area (Å²) in [5.74, 6) is -2.06. The molecule has 0 amide bonds. The number of ether oxygens (including phenoxy) is 7. The number of carbonyl (C=O) groups is 3. The van der Waals surface area contributed by atoms with Crippen LogP contribution in [0.3, 0.4) is 0 Å². The average Bonchev–Trinajstić information content (AvgIpc) is 3.44. The average molecular weight is 583 g/mol. The van der Waals surface area contributed by atoms with Crippen LogP contribution >= 0.6 is 0 Å². The Balaban J connectivity index is 1.58. The Bertz CT molecular complexity index is 1010. The van der Waals surface area contributed by atoms with Gasteiger partial charge in [-0.2, -0.15) is 0 Å². The first-order valence-corrected chi connectivity index (χ1v) is 15.1. The van der Waals surface area contributed by atoms with Gasteiger partial charge in [0.05, 0.1) is 30.1 Å². The first-order chi connectivity index (χ1) is 19.3. The van der Waals surface area contributed by atoms with E-state index in [0.717, 1.165) is 12.8 Å². The van der Waals surface area contributed by atoms with Crippen LogP contribution < -0.4 is 0 Å². The maximum Gasteiger partial charge on any atom is 0.308 e. The molecule has 1 N–H and O–H groups in total. The summed E-state index contributed by atoms with van der Waals surface area (Å²) in [6.45, 7) is 13.0. The summed E-state index contributed by atoms with van der Waals surface area (Å²) in [5.41, 5.74) is -2.86. The van der Waals surface area contributed by atoms with Gasteiger partial charge in [0.15, 0.2) is 18.7 Å². The molecule has 0 unspecified atom stereocenters. The van der Waals surface area contributed by atoms with Crippen molar-refractivity contribution in [3.63, 3.8) is 0 Å². The summed E-state index contributed by atoms with van der Waals surface area (Å²) >= 11 is 0. The topological polar surface area (TPSA) is 139 Å². The monoisotopic (exact) mass is 582 g/mol. The lowest BCUT2D eigenvalue weighted by Gasteiger charge is -2.65. The fraction of sp³-hybridized carbons (Fsp3) is 0.900. The van der Waals surface area contributed by atoms with E-state index in [0.29, 0.717) is 13.0 Å². The fourth-order valence-corrected chi connectivity index (χ4v) is 8.47. The number of fused-ring (bicyclic) bond motifs is 3. The Labute approximate surface area is 241 Å². The first-order valence-electron chi connectivity index (χ1n) is 15.1. The Hall–Kier alpha value is -1.79. The van der Waals surface area contributed by atoms with Crippen molar-refractivity contribution in [2.75, 3.05) is 19.8 Å². The van der Waals surface area contributed by atoms with Gasteiger partial charge in [-0.05, 0) is 38.0 Å². The molecule has 1 spiro atoms. The van der Waals surface area contributed by atoms with E-state index in [2.05, 4.69) is 13.8 Å². The van der Waals surface area contributed by atoms with Gasteiger partial charge in [-0.25, -0.2) is 0 Å². The molecule has 0 radical (unpaired) electrons. The molecular formula is C30H46O11. The maximum absolute atomic E-state index is 12.8. The van der Waals surface area contributed by atoms with Crippen LogP contribution in [-0.4, -0.2) is 85.4 Å². The minimum atomic E-state index is -1.21. The van der Waals surface area contributed by atoms with Gasteiger partial charge in [0.25, 0.3) is 0 Å². The zero-order chi connectivity index (χ0) is 29.9. The number of carbonyl (C=O) groups excluding carboxylic acids is 3. The fourth-order valence-electron chi connectivity index (χ4n) is 8.47. The molecule has 11 nitrogen and oxygen atoms in total. The van der Waals surface area contributed by atoms with E-state index < -0.39 is 64.9 Å². The van der Waals surface area contributed by atoms with Crippen LogP contribution in [-0.2, 0) is 47.5 Å². The quantitative estimate of drug-likeness (QED) is 0.257. The number of hydrogen-bond donors (Lipinski definition) is 1. The summed E-state index contributed by atoms with van der Waals surface area (Å²) < 4.78 is 42.4. The summed E-state index contributed by atoms with van der Waals surface area (Å²) in [7, 11) is 0. The van der Waals surface area contributed by atoms with Gasteiger partial charge in [0, 0.05) is 38.2 Å². The highest BCUT2D eigenvalue weighted by Crippen LogP contribution is 2.70. The molecule has 0 aromatic carbocycles. The second-order valence-electron chi connectivity index (χ2n) is 13.2. The molecule has 11 heteroatoms. The van der Waals surface area contributed by atoms with Gasteiger partial charge >= 0.3 is 17.9 Å². The van der Waals surface area contributed by atoms with Gasteiger partial charge < -0.3 is 38.3 Å². The molecule has 2 saturated carbocycles. The maximum atomic E-state index is 12.8. The largest absolute Gasteiger partial charge is 0.465 e. The molecule has 3 heterocycles. The lowest BCUT2D eigenvalue weighted by Crippen LogP contribution is -2.74. The normalized spacial score (nSPS) is 46.6. The molecule has 5 rings (SSSR count). The highest BCUT2D eigenvalue weighted by Gasteiger charge is 2.81. The van der Waals surface area contributed by atoms with Crippen LogP contribution in [0.2, 0.25) is 0 Å². The smallest absolute Gasteiger partial charge is 0.308 e. The van der Waals surface area contributed by atoms with Crippen molar-refractivity contribution in [2.24, 2.45) is 34.5 Å². The number of aliphatic hydroxyl groups is 1. The predicted octanol–water partition coefficient (Wildman–Crippen LogP) is 2.75. The third kappa shape index (κ3) is 4.89. The van der Waals surface area contributed by atoms with Crippen molar-refractivity contribution in [2.45, 2.75) is 117 Å². The molecular weight excluding hydrogens is 536 g/mol. The standard InChI is InChI=1S/C30H46O11/c1-8-35-24-11-19-10-22(39-27(19)40-24)28(7)16(4)9-23(38-18(6)32)29(13-36-17(5)31)21(28)12-20(33)25(30(29)14-37-30)41-26(34)15(2)3/h15-16,19-25,27,33H,8-14H2,1-7H3/t16-,19+,20+,21-,22+,23+,24+,25+,27-,28+,29+,30-/m1/s1. The van der Waals surface area contributed by atoms with E-state index in [4.69, 9.17) is 33.2 Å². The van der Waals surface area contributed by atoms with Gasteiger partial charge in [-0.3, -0.25) is 14.4 Å². The number of aliphatic hydroxyl groups excluding tert-OH is 1. The van der Waals surface area contributed by atoms with Crippen LogP contribution in [0.15, 0.2) is 0 Å². The van der Waals surface area contributed by atoms with Crippen molar-refractivity contribution in [1.29, 1.82) is 0 Å². The van der Waals surface area contributed by atoms with Crippen molar-refractivity contribution >= 4 is 17.9 Å². The summed E-state index contributed by atoms with van der Waals surface area (Å²) in [4.78, 5) is 37.6. The van der Waals surface area contributed by atoms with E-state index >= 15 is 0 Å². The molecule has 2 aliphatic carbocycles. The number of rotatable bonds is 8. The second-order valence-corrected chi connectivity index (χ2v) is 13.2. The lowest BCUT2D eigenvalue weighted by atomic mass is 9.41. The molecule has 41 heavy (non-hydrogen) atoms. The van der Waals surface area contributed by atoms with E-state index in [1.165, 1.54) is 13.8 Å². The predicted molar refractivity (Wildman–Crippen MR) is 142 cm³/mol. The summed E-state index contributed by atoms with van der Waals surface area (Å²) in [5, 5.41) is 11.6. The zero-order valence-corrected chi connectivity index (χ0v) is 25.3. The van der Waals surface area contributed by atoms with Crippen LogP contribution in [0.1, 0.15) is 74.1 Å². The van der Waals surface area contributed by atoms with Gasteiger partial charge in [0.1, 0.15) is 18.3 Å². The summed E-state index contributed by atoms with van der Waals surface area (Å²) in [6, 6.07) is 0. The second kappa shape index (κ2) is 11.0. The van der Waals surface area contributed by atoms with Crippen LogP contribution in [0.25, 0.3) is 0 Å². The SMILES string of the molecule is CCO[C@@H]1C[C@@H]2C[C@@H]([C@@]3(C)[C@H](C)C[C@H](OC(C)=O)[C@]4(COC(C)=O)[C@@H]3C[C@H](O)[C@H](OC(=O)C(C)C)[C@]43CO3)O[C@@H]2O1. The Morgan fingerprint density at radius 3 is 2.29 bits per heavy atom. The zero-order valence-electron chi connectivity index (χ0n) is 25.3. The van der Waals surface area contributed by atoms with Crippen LogP contribution in [0.4, 0.5) is 0 Å². The van der Waals surface area contributed by atoms with Crippen molar-refractivity contribution in [1.82, 2.24) is 0 Å². The van der Waals surface area contributed by atoms with Gasteiger partial charge in [-0.15, -0.1) is 0 Å². The minimum absolute atomic E-state index is 0.00779. The molecule has 5 aliphatic rings. The summed E-state index contributed by atoms with van der Waals surface area (Å²) in [6.07, 6.45) is -1.54. The lowest BCUT2D eigenvalue weighted by molar-refractivity contribution is -0.290. The Kier molecular flexibility index (Phi) is 8.26. The third-order valence-corrected chi connectivity index (χ3v) is 10.7. The van der Waals surface area contributed by atoms with E-state index in [9.17, 15) is 19.5 Å². The van der Waals surface area contributed by atoms with Crippen LogP contribution in [0, 0.1) is 34.5 Å². The number of esters is 3. The third-order valence-electron chi connectivity index (χ3n) is 10.7. The molecule has 12 atom stereocenters. The van der Waals surface area contributed by atoms with Crippen molar-refractivity contribution in [3.05, 3.63) is 0 Å². The first kappa shape index (κ1) is 30.7. The highest BCUT2D eigenvalue weighted by atomic mass is 16.8.